The summed E-state index contributed by atoms with van der Waals surface area (Å²) in [5.41, 5.74) is 1.02. The summed E-state index contributed by atoms with van der Waals surface area (Å²) in [4.78, 5) is 17.2. The molecule has 4 heteroatoms. The van der Waals surface area contributed by atoms with Crippen LogP contribution < -0.4 is 4.90 Å². The molecule has 0 aliphatic carbocycles. The van der Waals surface area contributed by atoms with E-state index in [0.717, 1.165) is 57.4 Å². The van der Waals surface area contributed by atoms with E-state index < -0.39 is 0 Å². The average molecular weight is 302 g/mol. The number of aliphatic hydroxyl groups excluding tert-OH is 1. The summed E-state index contributed by atoms with van der Waals surface area (Å²) in [5, 5.41) is 8.97. The van der Waals surface area contributed by atoms with Crippen molar-refractivity contribution in [2.45, 2.75) is 38.1 Å². The van der Waals surface area contributed by atoms with E-state index >= 15 is 0 Å². The molecule has 2 heterocycles. The Morgan fingerprint density at radius 2 is 1.95 bits per heavy atom. The molecule has 1 amide bonds. The van der Waals surface area contributed by atoms with Crippen LogP contribution in [-0.2, 0) is 4.79 Å². The van der Waals surface area contributed by atoms with Crippen LogP contribution in [0.15, 0.2) is 30.3 Å². The lowest BCUT2D eigenvalue weighted by molar-refractivity contribution is -0.125. The van der Waals surface area contributed by atoms with Crippen LogP contribution in [-0.4, -0.2) is 48.2 Å². The van der Waals surface area contributed by atoms with Gasteiger partial charge < -0.3 is 10.0 Å². The fourth-order valence-electron chi connectivity index (χ4n) is 3.82. The normalized spacial score (nSPS) is 26.6. The third-order valence-electron chi connectivity index (χ3n) is 5.01. The van der Waals surface area contributed by atoms with Crippen molar-refractivity contribution in [2.24, 2.45) is 5.92 Å². The second-order valence-corrected chi connectivity index (χ2v) is 6.50. The molecule has 3 rings (SSSR count). The number of piperidine rings is 1. The fourth-order valence-corrected chi connectivity index (χ4v) is 3.82. The third-order valence-corrected chi connectivity index (χ3v) is 5.01. The lowest BCUT2D eigenvalue weighted by atomic mass is 10.0. The molecular formula is C18H26N2O2. The van der Waals surface area contributed by atoms with Crippen molar-refractivity contribution < 1.29 is 9.90 Å². The summed E-state index contributed by atoms with van der Waals surface area (Å²) >= 11 is 0. The molecule has 1 N–H and O–H groups in total. The van der Waals surface area contributed by atoms with Crippen molar-refractivity contribution in [1.29, 1.82) is 0 Å². The maximum absolute atomic E-state index is 12.9. The van der Waals surface area contributed by atoms with E-state index in [-0.39, 0.29) is 18.6 Å². The summed E-state index contributed by atoms with van der Waals surface area (Å²) in [6.45, 7) is 3.15. The Morgan fingerprint density at radius 3 is 2.73 bits per heavy atom. The number of carbonyl (C=O) groups excluding carboxylic acids is 1. The van der Waals surface area contributed by atoms with E-state index in [2.05, 4.69) is 4.90 Å². The molecule has 2 saturated heterocycles. The number of carbonyl (C=O) groups is 1. The highest BCUT2D eigenvalue weighted by atomic mass is 16.2. The monoisotopic (exact) mass is 302 g/mol. The highest BCUT2D eigenvalue weighted by Gasteiger charge is 2.37. The lowest BCUT2D eigenvalue weighted by Gasteiger charge is -2.37. The minimum Gasteiger partial charge on any atom is -0.396 e. The van der Waals surface area contributed by atoms with Gasteiger partial charge in [0.15, 0.2) is 0 Å². The SMILES string of the molecule is O=C1C(N2CCC(CCCO)C2)CCCN1c1ccccc1. The Hall–Kier alpha value is -1.39. The van der Waals surface area contributed by atoms with Gasteiger partial charge in [0.1, 0.15) is 0 Å². The summed E-state index contributed by atoms with van der Waals surface area (Å²) in [7, 11) is 0. The van der Waals surface area contributed by atoms with Crippen molar-refractivity contribution in [3.05, 3.63) is 30.3 Å². The van der Waals surface area contributed by atoms with Crippen LogP contribution >= 0.6 is 0 Å². The predicted molar refractivity (Wildman–Crippen MR) is 87.8 cm³/mol. The molecule has 2 aliphatic heterocycles. The number of hydrogen-bond acceptors (Lipinski definition) is 3. The number of para-hydroxylation sites is 1. The van der Waals surface area contributed by atoms with Gasteiger partial charge in [0.05, 0.1) is 6.04 Å². The van der Waals surface area contributed by atoms with Gasteiger partial charge in [-0.3, -0.25) is 9.69 Å². The molecule has 0 spiro atoms. The van der Waals surface area contributed by atoms with Crippen LogP contribution in [0.3, 0.4) is 0 Å². The van der Waals surface area contributed by atoms with Crippen molar-refractivity contribution in [2.75, 3.05) is 31.1 Å². The molecule has 2 atom stereocenters. The number of rotatable bonds is 5. The van der Waals surface area contributed by atoms with Crippen LogP contribution in [0.25, 0.3) is 0 Å². The van der Waals surface area contributed by atoms with Gasteiger partial charge in [-0.1, -0.05) is 18.2 Å². The van der Waals surface area contributed by atoms with E-state index in [1.165, 1.54) is 0 Å². The number of aliphatic hydroxyl groups is 1. The Morgan fingerprint density at radius 1 is 1.14 bits per heavy atom. The van der Waals surface area contributed by atoms with E-state index in [4.69, 9.17) is 5.11 Å². The van der Waals surface area contributed by atoms with Gasteiger partial charge in [-0.25, -0.2) is 0 Å². The number of anilines is 1. The first-order valence-corrected chi connectivity index (χ1v) is 8.51. The number of likely N-dealkylation sites (tertiary alicyclic amines) is 1. The zero-order chi connectivity index (χ0) is 15.4. The fraction of sp³-hybridized carbons (Fsp3) is 0.611. The molecule has 1 aromatic rings. The first-order valence-electron chi connectivity index (χ1n) is 8.51. The summed E-state index contributed by atoms with van der Waals surface area (Å²) in [6.07, 6.45) is 5.18. The van der Waals surface area contributed by atoms with E-state index in [0.29, 0.717) is 5.92 Å². The van der Waals surface area contributed by atoms with Crippen molar-refractivity contribution in [1.82, 2.24) is 4.90 Å². The number of benzene rings is 1. The molecule has 1 aromatic carbocycles. The van der Waals surface area contributed by atoms with Gasteiger partial charge in [0, 0.05) is 25.4 Å². The van der Waals surface area contributed by atoms with Gasteiger partial charge in [-0.15, -0.1) is 0 Å². The second kappa shape index (κ2) is 7.25. The largest absolute Gasteiger partial charge is 0.396 e. The van der Waals surface area contributed by atoms with E-state index in [1.54, 1.807) is 0 Å². The van der Waals surface area contributed by atoms with Gasteiger partial charge in [0.2, 0.25) is 5.91 Å². The van der Waals surface area contributed by atoms with Crippen LogP contribution in [0.2, 0.25) is 0 Å². The predicted octanol–water partition coefficient (Wildman–Crippen LogP) is 2.28. The summed E-state index contributed by atoms with van der Waals surface area (Å²) in [5.74, 6) is 0.910. The maximum atomic E-state index is 12.9. The van der Waals surface area contributed by atoms with Crippen LogP contribution in [0.4, 0.5) is 5.69 Å². The first kappa shape index (κ1) is 15.5. The molecule has 120 valence electrons. The Bertz CT molecular complexity index is 491. The van der Waals surface area contributed by atoms with Crippen molar-refractivity contribution in [3.8, 4) is 0 Å². The first-order chi connectivity index (χ1) is 10.8. The maximum Gasteiger partial charge on any atom is 0.244 e. The molecule has 22 heavy (non-hydrogen) atoms. The lowest BCUT2D eigenvalue weighted by Crippen LogP contribution is -2.52. The highest BCUT2D eigenvalue weighted by Crippen LogP contribution is 2.29. The minimum absolute atomic E-state index is 0.0492. The topological polar surface area (TPSA) is 43.8 Å². The number of hydrogen-bond donors (Lipinski definition) is 1. The molecule has 0 saturated carbocycles. The highest BCUT2D eigenvalue weighted by molar-refractivity contribution is 5.97. The quantitative estimate of drug-likeness (QED) is 0.907. The van der Waals surface area contributed by atoms with E-state index in [1.807, 2.05) is 35.2 Å². The Labute approximate surface area is 132 Å². The van der Waals surface area contributed by atoms with Crippen molar-refractivity contribution >= 4 is 11.6 Å². The van der Waals surface area contributed by atoms with Crippen LogP contribution in [0.5, 0.6) is 0 Å². The number of amides is 1. The molecule has 2 unspecified atom stereocenters. The smallest absolute Gasteiger partial charge is 0.244 e. The second-order valence-electron chi connectivity index (χ2n) is 6.50. The van der Waals surface area contributed by atoms with Gasteiger partial charge in [-0.05, 0) is 56.7 Å². The molecule has 4 nitrogen and oxygen atoms in total. The molecule has 2 aliphatic rings. The van der Waals surface area contributed by atoms with Gasteiger partial charge >= 0.3 is 0 Å². The average Bonchev–Trinajstić information content (AvgIpc) is 3.02. The molecule has 0 aromatic heterocycles. The summed E-state index contributed by atoms with van der Waals surface area (Å²) in [6, 6.07) is 10.1. The zero-order valence-electron chi connectivity index (χ0n) is 13.2. The van der Waals surface area contributed by atoms with E-state index in [9.17, 15) is 4.79 Å². The van der Waals surface area contributed by atoms with Crippen molar-refractivity contribution in [3.63, 3.8) is 0 Å². The molecular weight excluding hydrogens is 276 g/mol. The standard InChI is InChI=1S/C18H26N2O2/c21-13-5-6-15-10-12-19(14-15)17-9-4-11-20(18(17)22)16-7-2-1-3-8-16/h1-3,7-8,15,17,21H,4-6,9-14H2. The minimum atomic E-state index is 0.0492. The third kappa shape index (κ3) is 3.33. The molecule has 2 fully saturated rings. The Kier molecular flexibility index (Phi) is 5.11. The van der Waals surface area contributed by atoms with Crippen LogP contribution in [0, 0.1) is 5.92 Å². The number of nitrogens with zero attached hydrogens (tertiary/aromatic N) is 2. The molecule has 0 bridgehead atoms. The van der Waals surface area contributed by atoms with Gasteiger partial charge in [-0.2, -0.15) is 0 Å². The Balaban J connectivity index is 1.64. The molecule has 0 radical (unpaired) electrons. The van der Waals surface area contributed by atoms with Crippen LogP contribution in [0.1, 0.15) is 32.1 Å². The van der Waals surface area contributed by atoms with Gasteiger partial charge in [0.25, 0.3) is 0 Å². The zero-order valence-corrected chi connectivity index (χ0v) is 13.2. The summed E-state index contributed by atoms with van der Waals surface area (Å²) < 4.78 is 0.